The second kappa shape index (κ2) is 6.13. The van der Waals surface area contributed by atoms with E-state index in [9.17, 15) is 4.79 Å². The maximum atomic E-state index is 12.1. The summed E-state index contributed by atoms with van der Waals surface area (Å²) in [5.74, 6) is 0.375. The van der Waals surface area contributed by atoms with Gasteiger partial charge >= 0.3 is 5.97 Å². The lowest BCUT2D eigenvalue weighted by atomic mass is 9.94. The lowest BCUT2D eigenvalue weighted by Gasteiger charge is -2.29. The van der Waals surface area contributed by atoms with Crippen molar-refractivity contribution in [2.75, 3.05) is 14.2 Å². The molecule has 112 valence electrons. The summed E-state index contributed by atoms with van der Waals surface area (Å²) >= 11 is 5.18. The Bertz CT molecular complexity index is 625. The molecule has 1 aromatic carbocycles. The van der Waals surface area contributed by atoms with Gasteiger partial charge in [-0.05, 0) is 43.3 Å². The fourth-order valence-corrected chi connectivity index (χ4v) is 2.61. The molecular formula is C15H18N2O3S. The second-order valence-corrected chi connectivity index (χ2v) is 5.20. The molecule has 5 nitrogen and oxygen atoms in total. The van der Waals surface area contributed by atoms with Crippen molar-refractivity contribution in [3.05, 3.63) is 40.6 Å². The summed E-state index contributed by atoms with van der Waals surface area (Å²) in [4.78, 5) is 12.1. The SMILES string of the molecule is COC(=O)C1=C(C)NC(=S)N[C@@H]1c1ccc(C)c(OC)c1. The van der Waals surface area contributed by atoms with Crippen LogP contribution in [0.3, 0.4) is 0 Å². The average molecular weight is 306 g/mol. The van der Waals surface area contributed by atoms with Crippen LogP contribution >= 0.6 is 12.2 Å². The Hall–Kier alpha value is -2.08. The predicted molar refractivity (Wildman–Crippen MR) is 84.1 cm³/mol. The zero-order chi connectivity index (χ0) is 15.6. The van der Waals surface area contributed by atoms with Gasteiger partial charge in [0, 0.05) is 5.70 Å². The summed E-state index contributed by atoms with van der Waals surface area (Å²) in [5, 5.41) is 6.53. The number of carbonyl (C=O) groups excluding carboxylic acids is 1. The predicted octanol–water partition coefficient (Wildman–Crippen LogP) is 1.97. The van der Waals surface area contributed by atoms with Crippen molar-refractivity contribution in [3.8, 4) is 5.75 Å². The van der Waals surface area contributed by atoms with Crippen molar-refractivity contribution in [2.45, 2.75) is 19.9 Å². The van der Waals surface area contributed by atoms with E-state index in [0.717, 1.165) is 16.9 Å². The number of hydrogen-bond acceptors (Lipinski definition) is 4. The van der Waals surface area contributed by atoms with E-state index in [1.54, 1.807) is 14.0 Å². The number of thiocarbonyl (C=S) groups is 1. The zero-order valence-corrected chi connectivity index (χ0v) is 13.3. The van der Waals surface area contributed by atoms with Gasteiger partial charge in [0.1, 0.15) is 5.75 Å². The van der Waals surface area contributed by atoms with Crippen LogP contribution in [0.2, 0.25) is 0 Å². The van der Waals surface area contributed by atoms with Crippen LogP contribution in [0.5, 0.6) is 5.75 Å². The van der Waals surface area contributed by atoms with Gasteiger partial charge in [0.25, 0.3) is 0 Å². The van der Waals surface area contributed by atoms with Gasteiger partial charge in [-0.1, -0.05) is 12.1 Å². The molecule has 0 fully saturated rings. The average Bonchev–Trinajstić information content (AvgIpc) is 2.46. The number of aryl methyl sites for hydroxylation is 1. The summed E-state index contributed by atoms with van der Waals surface area (Å²) in [6.07, 6.45) is 0. The number of ether oxygens (including phenoxy) is 2. The van der Waals surface area contributed by atoms with Crippen molar-refractivity contribution in [1.82, 2.24) is 10.6 Å². The molecule has 0 radical (unpaired) electrons. The van der Waals surface area contributed by atoms with Gasteiger partial charge in [-0.3, -0.25) is 0 Å². The van der Waals surface area contributed by atoms with E-state index in [0.29, 0.717) is 16.4 Å². The van der Waals surface area contributed by atoms with Crippen LogP contribution in [0.15, 0.2) is 29.5 Å². The monoisotopic (exact) mass is 306 g/mol. The van der Waals surface area contributed by atoms with Gasteiger partial charge in [0.2, 0.25) is 0 Å². The third kappa shape index (κ3) is 3.00. The summed E-state index contributed by atoms with van der Waals surface area (Å²) in [6.45, 7) is 3.77. The van der Waals surface area contributed by atoms with E-state index in [-0.39, 0.29) is 12.0 Å². The van der Waals surface area contributed by atoms with E-state index in [2.05, 4.69) is 10.6 Å². The number of nitrogens with one attached hydrogen (secondary N) is 2. The molecule has 6 heteroatoms. The number of rotatable bonds is 3. The molecule has 0 saturated heterocycles. The fourth-order valence-electron chi connectivity index (χ4n) is 2.34. The minimum Gasteiger partial charge on any atom is -0.496 e. The molecule has 0 unspecified atom stereocenters. The van der Waals surface area contributed by atoms with Gasteiger partial charge in [-0.2, -0.15) is 0 Å². The van der Waals surface area contributed by atoms with E-state index < -0.39 is 0 Å². The molecule has 0 amide bonds. The number of esters is 1. The van der Waals surface area contributed by atoms with Crippen molar-refractivity contribution in [2.24, 2.45) is 0 Å². The molecule has 1 aliphatic rings. The van der Waals surface area contributed by atoms with E-state index in [1.807, 2.05) is 25.1 Å². The number of carbonyl (C=O) groups is 1. The van der Waals surface area contributed by atoms with Crippen LogP contribution in [0.25, 0.3) is 0 Å². The highest BCUT2D eigenvalue weighted by Crippen LogP contribution is 2.30. The normalized spacial score (nSPS) is 17.9. The first kappa shape index (κ1) is 15.3. The Morgan fingerprint density at radius 1 is 1.29 bits per heavy atom. The Morgan fingerprint density at radius 3 is 2.62 bits per heavy atom. The topological polar surface area (TPSA) is 59.6 Å². The third-order valence-corrected chi connectivity index (χ3v) is 3.66. The summed E-state index contributed by atoms with van der Waals surface area (Å²) in [6, 6.07) is 5.43. The highest BCUT2D eigenvalue weighted by Gasteiger charge is 2.30. The molecule has 2 rings (SSSR count). The molecule has 1 heterocycles. The molecule has 1 aliphatic heterocycles. The summed E-state index contributed by atoms with van der Waals surface area (Å²) < 4.78 is 10.2. The van der Waals surface area contributed by atoms with Crippen molar-refractivity contribution in [3.63, 3.8) is 0 Å². The maximum Gasteiger partial charge on any atom is 0.337 e. The fraction of sp³-hybridized carbons (Fsp3) is 0.333. The molecule has 0 spiro atoms. The van der Waals surface area contributed by atoms with Crippen LogP contribution in [-0.4, -0.2) is 25.3 Å². The molecule has 0 bridgehead atoms. The first-order chi connectivity index (χ1) is 9.97. The maximum absolute atomic E-state index is 12.1. The lowest BCUT2D eigenvalue weighted by Crippen LogP contribution is -2.45. The molecule has 1 aromatic rings. The molecule has 21 heavy (non-hydrogen) atoms. The van der Waals surface area contributed by atoms with Gasteiger partial charge in [-0.25, -0.2) is 4.79 Å². The summed E-state index contributed by atoms with van der Waals surface area (Å²) in [5.41, 5.74) is 3.12. The van der Waals surface area contributed by atoms with Crippen LogP contribution in [-0.2, 0) is 9.53 Å². The van der Waals surface area contributed by atoms with Gasteiger partial charge in [-0.15, -0.1) is 0 Å². The lowest BCUT2D eigenvalue weighted by molar-refractivity contribution is -0.136. The molecule has 0 aliphatic carbocycles. The summed E-state index contributed by atoms with van der Waals surface area (Å²) in [7, 11) is 2.98. The van der Waals surface area contributed by atoms with E-state index >= 15 is 0 Å². The quantitative estimate of drug-likeness (QED) is 0.658. The second-order valence-electron chi connectivity index (χ2n) is 4.79. The first-order valence-corrected chi connectivity index (χ1v) is 6.90. The smallest absolute Gasteiger partial charge is 0.337 e. The molecular weight excluding hydrogens is 288 g/mol. The van der Waals surface area contributed by atoms with Crippen molar-refractivity contribution >= 4 is 23.3 Å². The van der Waals surface area contributed by atoms with E-state index in [1.165, 1.54) is 7.11 Å². The van der Waals surface area contributed by atoms with Crippen LogP contribution in [0, 0.1) is 6.92 Å². The number of methoxy groups -OCH3 is 2. The number of benzene rings is 1. The minimum absolute atomic E-state index is 0.360. The molecule has 2 N–H and O–H groups in total. The van der Waals surface area contributed by atoms with Gasteiger partial charge in [0.05, 0.1) is 25.8 Å². The van der Waals surface area contributed by atoms with Gasteiger partial charge in [0.15, 0.2) is 5.11 Å². The largest absolute Gasteiger partial charge is 0.496 e. The zero-order valence-electron chi connectivity index (χ0n) is 12.4. The first-order valence-electron chi connectivity index (χ1n) is 6.49. The number of hydrogen-bond donors (Lipinski definition) is 2. The van der Waals surface area contributed by atoms with Crippen molar-refractivity contribution < 1.29 is 14.3 Å². The minimum atomic E-state index is -0.389. The Balaban J connectivity index is 2.51. The van der Waals surface area contributed by atoms with Crippen molar-refractivity contribution in [1.29, 1.82) is 0 Å². The third-order valence-electron chi connectivity index (χ3n) is 3.44. The molecule has 1 atom stereocenters. The Labute approximate surface area is 129 Å². The highest BCUT2D eigenvalue weighted by molar-refractivity contribution is 7.80. The Kier molecular flexibility index (Phi) is 4.47. The van der Waals surface area contributed by atoms with Crippen LogP contribution < -0.4 is 15.4 Å². The van der Waals surface area contributed by atoms with E-state index in [4.69, 9.17) is 21.7 Å². The van der Waals surface area contributed by atoms with Gasteiger partial charge < -0.3 is 20.1 Å². The number of allylic oxidation sites excluding steroid dienone is 1. The molecule has 0 saturated carbocycles. The molecule has 0 aromatic heterocycles. The highest BCUT2D eigenvalue weighted by atomic mass is 32.1. The van der Waals surface area contributed by atoms with Crippen LogP contribution in [0.4, 0.5) is 0 Å². The Morgan fingerprint density at radius 2 is 2.00 bits per heavy atom. The standard InChI is InChI=1S/C15H18N2O3S/c1-8-5-6-10(7-11(8)19-3)13-12(14(18)20-4)9(2)16-15(21)17-13/h5-7,13H,1-4H3,(H2,16,17,21)/t13-/m1/s1. The van der Waals surface area contributed by atoms with Crippen LogP contribution in [0.1, 0.15) is 24.1 Å².